The van der Waals surface area contributed by atoms with E-state index >= 15 is 0 Å². The van der Waals surface area contributed by atoms with Gasteiger partial charge in [-0.3, -0.25) is 4.90 Å². The molecule has 0 saturated carbocycles. The summed E-state index contributed by atoms with van der Waals surface area (Å²) in [6.07, 6.45) is -6.04. The molecule has 8 heteroatoms. The number of carboxylic acid groups (broad SMARTS) is 1. The SMILES string of the molecule is CC(C(=O)O)N(CC(F)(F)F)C(=O)OCc1ccccc1. The van der Waals surface area contributed by atoms with Crippen molar-refractivity contribution >= 4 is 12.1 Å². The molecule has 0 spiro atoms. The molecule has 1 aromatic carbocycles. The number of halogens is 3. The zero-order valence-corrected chi connectivity index (χ0v) is 11.1. The minimum atomic E-state index is -4.71. The fraction of sp³-hybridized carbons (Fsp3) is 0.385. The molecule has 1 unspecified atom stereocenters. The topological polar surface area (TPSA) is 66.8 Å². The number of ether oxygens (including phenoxy) is 1. The largest absolute Gasteiger partial charge is 0.480 e. The van der Waals surface area contributed by atoms with Gasteiger partial charge in [-0.2, -0.15) is 13.2 Å². The highest BCUT2D eigenvalue weighted by molar-refractivity contribution is 5.79. The van der Waals surface area contributed by atoms with Crippen LogP contribution in [0.3, 0.4) is 0 Å². The summed E-state index contributed by atoms with van der Waals surface area (Å²) in [5.74, 6) is -1.55. The summed E-state index contributed by atoms with van der Waals surface area (Å²) in [5, 5.41) is 8.77. The van der Waals surface area contributed by atoms with Gasteiger partial charge in [-0.25, -0.2) is 9.59 Å². The van der Waals surface area contributed by atoms with Crippen LogP contribution in [0.25, 0.3) is 0 Å². The predicted octanol–water partition coefficient (Wildman–Crippen LogP) is 2.66. The second-order valence-electron chi connectivity index (χ2n) is 4.30. The lowest BCUT2D eigenvalue weighted by molar-refractivity contribution is -0.157. The van der Waals surface area contributed by atoms with Crippen LogP contribution in [0.5, 0.6) is 0 Å². The molecule has 0 saturated heterocycles. The summed E-state index contributed by atoms with van der Waals surface area (Å²) in [4.78, 5) is 22.6. The average molecular weight is 305 g/mol. The predicted molar refractivity (Wildman–Crippen MR) is 66.5 cm³/mol. The van der Waals surface area contributed by atoms with Crippen LogP contribution < -0.4 is 0 Å². The molecule has 0 aliphatic heterocycles. The van der Waals surface area contributed by atoms with Crippen molar-refractivity contribution in [3.05, 3.63) is 35.9 Å². The van der Waals surface area contributed by atoms with Crippen LogP contribution in [0.15, 0.2) is 30.3 Å². The lowest BCUT2D eigenvalue weighted by Gasteiger charge is -2.26. The molecule has 1 amide bonds. The number of rotatable bonds is 5. The lowest BCUT2D eigenvalue weighted by Crippen LogP contribution is -2.48. The van der Waals surface area contributed by atoms with E-state index in [2.05, 4.69) is 0 Å². The molecule has 5 nitrogen and oxygen atoms in total. The molecule has 0 aromatic heterocycles. The molecular formula is C13H14F3NO4. The molecule has 0 aliphatic rings. The van der Waals surface area contributed by atoms with Gasteiger partial charge in [0, 0.05) is 0 Å². The maximum atomic E-state index is 12.4. The second-order valence-corrected chi connectivity index (χ2v) is 4.30. The first kappa shape index (κ1) is 16.8. The van der Waals surface area contributed by atoms with Crippen molar-refractivity contribution in [2.75, 3.05) is 6.54 Å². The highest BCUT2D eigenvalue weighted by atomic mass is 19.4. The number of carboxylic acids is 1. The molecule has 1 rings (SSSR count). The molecule has 21 heavy (non-hydrogen) atoms. The summed E-state index contributed by atoms with van der Waals surface area (Å²) in [7, 11) is 0. The van der Waals surface area contributed by atoms with Gasteiger partial charge >= 0.3 is 18.2 Å². The highest BCUT2D eigenvalue weighted by Gasteiger charge is 2.38. The van der Waals surface area contributed by atoms with Gasteiger partial charge in [0.2, 0.25) is 0 Å². The van der Waals surface area contributed by atoms with E-state index in [1.54, 1.807) is 30.3 Å². The Kier molecular flexibility index (Phi) is 5.57. The number of carbonyl (C=O) groups excluding carboxylic acids is 1. The Morgan fingerprint density at radius 1 is 1.29 bits per heavy atom. The van der Waals surface area contributed by atoms with Crippen molar-refractivity contribution in [2.45, 2.75) is 25.7 Å². The second kappa shape index (κ2) is 6.96. The smallest absolute Gasteiger partial charge is 0.411 e. The number of alkyl halides is 3. The van der Waals surface area contributed by atoms with Gasteiger partial charge in [0.15, 0.2) is 0 Å². The minimum absolute atomic E-state index is 0.130. The minimum Gasteiger partial charge on any atom is -0.480 e. The van der Waals surface area contributed by atoms with Gasteiger partial charge < -0.3 is 9.84 Å². The van der Waals surface area contributed by atoms with Crippen LogP contribution in [0.1, 0.15) is 12.5 Å². The molecule has 0 aliphatic carbocycles. The zero-order valence-electron chi connectivity index (χ0n) is 11.1. The number of aliphatic carboxylic acids is 1. The first-order valence-electron chi connectivity index (χ1n) is 5.97. The summed E-state index contributed by atoms with van der Waals surface area (Å²) >= 11 is 0. The van der Waals surface area contributed by atoms with E-state index in [9.17, 15) is 22.8 Å². The number of nitrogens with zero attached hydrogens (tertiary/aromatic N) is 1. The molecule has 1 atom stereocenters. The summed E-state index contributed by atoms with van der Waals surface area (Å²) in [6.45, 7) is -0.938. The Morgan fingerprint density at radius 3 is 2.33 bits per heavy atom. The third kappa shape index (κ3) is 5.72. The first-order valence-corrected chi connectivity index (χ1v) is 5.97. The van der Waals surface area contributed by atoms with Crippen molar-refractivity contribution in [1.29, 1.82) is 0 Å². The number of hydrogen-bond acceptors (Lipinski definition) is 3. The first-order chi connectivity index (χ1) is 9.70. The van der Waals surface area contributed by atoms with Gasteiger partial charge in [-0.1, -0.05) is 30.3 Å². The van der Waals surface area contributed by atoms with Crippen LogP contribution in [0, 0.1) is 0 Å². The Hall–Kier alpha value is -2.25. The van der Waals surface area contributed by atoms with E-state index in [1.807, 2.05) is 0 Å². The fourth-order valence-electron chi connectivity index (χ4n) is 1.49. The van der Waals surface area contributed by atoms with Crippen molar-refractivity contribution in [2.24, 2.45) is 0 Å². The monoisotopic (exact) mass is 305 g/mol. The van der Waals surface area contributed by atoms with Gasteiger partial charge in [0.25, 0.3) is 0 Å². The van der Waals surface area contributed by atoms with Crippen LogP contribution in [-0.2, 0) is 16.1 Å². The molecule has 0 radical (unpaired) electrons. The van der Waals surface area contributed by atoms with Crippen LogP contribution in [0.2, 0.25) is 0 Å². The van der Waals surface area contributed by atoms with E-state index in [0.717, 1.165) is 6.92 Å². The number of benzene rings is 1. The maximum Gasteiger partial charge on any atom is 0.411 e. The Bertz CT molecular complexity index is 490. The standard InChI is InChI=1S/C13H14F3NO4/c1-9(11(18)19)17(8-13(14,15)16)12(20)21-7-10-5-3-2-4-6-10/h2-6,9H,7-8H2,1H3,(H,18,19). The highest BCUT2D eigenvalue weighted by Crippen LogP contribution is 2.19. The van der Waals surface area contributed by atoms with E-state index in [1.165, 1.54) is 0 Å². The number of hydrogen-bond donors (Lipinski definition) is 1. The Labute approximate surface area is 118 Å². The zero-order chi connectivity index (χ0) is 16.0. The number of amides is 1. The molecule has 0 bridgehead atoms. The molecule has 0 heterocycles. The maximum absolute atomic E-state index is 12.4. The molecule has 1 aromatic rings. The Morgan fingerprint density at radius 2 is 1.86 bits per heavy atom. The van der Waals surface area contributed by atoms with Gasteiger partial charge in [-0.15, -0.1) is 0 Å². The van der Waals surface area contributed by atoms with Gasteiger partial charge in [0.05, 0.1) is 0 Å². The summed E-state index contributed by atoms with van der Waals surface area (Å²) in [5.41, 5.74) is 0.584. The van der Waals surface area contributed by atoms with E-state index < -0.39 is 30.8 Å². The quantitative estimate of drug-likeness (QED) is 0.908. The van der Waals surface area contributed by atoms with Crippen LogP contribution in [-0.4, -0.2) is 40.8 Å². The van der Waals surface area contributed by atoms with Crippen molar-refractivity contribution in [1.82, 2.24) is 4.90 Å². The molecule has 1 N–H and O–H groups in total. The summed E-state index contributed by atoms with van der Waals surface area (Å²) in [6, 6.07) is 6.69. The van der Waals surface area contributed by atoms with Crippen LogP contribution in [0.4, 0.5) is 18.0 Å². The van der Waals surface area contributed by atoms with E-state index in [4.69, 9.17) is 9.84 Å². The van der Waals surface area contributed by atoms with Gasteiger partial charge in [0.1, 0.15) is 19.2 Å². The van der Waals surface area contributed by atoms with Gasteiger partial charge in [-0.05, 0) is 12.5 Å². The van der Waals surface area contributed by atoms with E-state index in [-0.39, 0.29) is 11.5 Å². The third-order valence-corrected chi connectivity index (χ3v) is 2.61. The summed E-state index contributed by atoms with van der Waals surface area (Å²) < 4.78 is 42.0. The Balaban J connectivity index is 2.73. The molecule has 0 fully saturated rings. The lowest BCUT2D eigenvalue weighted by atomic mass is 10.2. The molecule has 116 valence electrons. The van der Waals surface area contributed by atoms with Crippen LogP contribution >= 0.6 is 0 Å². The normalized spacial score (nSPS) is 12.6. The van der Waals surface area contributed by atoms with Crippen molar-refractivity contribution in [3.8, 4) is 0 Å². The van der Waals surface area contributed by atoms with E-state index in [0.29, 0.717) is 5.56 Å². The third-order valence-electron chi connectivity index (χ3n) is 2.61. The van der Waals surface area contributed by atoms with Crippen molar-refractivity contribution < 1.29 is 32.6 Å². The molecular weight excluding hydrogens is 291 g/mol. The van der Waals surface area contributed by atoms with Crippen molar-refractivity contribution in [3.63, 3.8) is 0 Å². The average Bonchev–Trinajstić information content (AvgIpc) is 2.41. The number of carbonyl (C=O) groups is 2. The fourth-order valence-corrected chi connectivity index (χ4v) is 1.49.